The van der Waals surface area contributed by atoms with Gasteiger partial charge < -0.3 is 18.6 Å². The quantitative estimate of drug-likeness (QED) is 0.0979. The summed E-state index contributed by atoms with van der Waals surface area (Å²) in [5.74, 6) is -1.31. The number of ether oxygens (including phenoxy) is 3. The van der Waals surface area contributed by atoms with Gasteiger partial charge in [-0.25, -0.2) is 4.79 Å². The Labute approximate surface area is 261 Å². The van der Waals surface area contributed by atoms with Gasteiger partial charge in [0.1, 0.15) is 11.7 Å². The summed E-state index contributed by atoms with van der Waals surface area (Å²) in [4.78, 5) is 13.8. The molecule has 0 spiro atoms. The molecule has 0 saturated carbocycles. The molecule has 42 heavy (non-hydrogen) atoms. The summed E-state index contributed by atoms with van der Waals surface area (Å²) in [5, 5.41) is 2.23. The first-order valence-corrected chi connectivity index (χ1v) is 17.2. The molecule has 0 radical (unpaired) electrons. The molecule has 1 aliphatic rings. The van der Waals surface area contributed by atoms with E-state index in [1.807, 2.05) is 56.1 Å². The summed E-state index contributed by atoms with van der Waals surface area (Å²) >= 11 is 3.52. The predicted molar refractivity (Wildman–Crippen MR) is 178 cm³/mol. The average molecular weight is 654 g/mol. The normalized spacial score (nSPS) is 22.2. The lowest BCUT2D eigenvalue weighted by atomic mass is 9.93. The van der Waals surface area contributed by atoms with Crippen LogP contribution in [-0.4, -0.2) is 44.0 Å². The maximum Gasteiger partial charge on any atom is 0.330 e. The molecule has 1 heterocycles. The molecular formula is C35H45BrO5Si. The molecule has 0 aliphatic carbocycles. The summed E-state index contributed by atoms with van der Waals surface area (Å²) in [5.41, 5.74) is -0.809. The highest BCUT2D eigenvalue weighted by molar-refractivity contribution is 9.11. The lowest BCUT2D eigenvalue weighted by Crippen LogP contribution is -2.67. The monoisotopic (exact) mass is 652 g/mol. The van der Waals surface area contributed by atoms with Crippen LogP contribution >= 0.6 is 15.9 Å². The third-order valence-corrected chi connectivity index (χ3v) is 12.9. The van der Waals surface area contributed by atoms with Crippen molar-refractivity contribution in [2.75, 3.05) is 0 Å². The number of hydrogen-bond acceptors (Lipinski definition) is 5. The zero-order chi connectivity index (χ0) is 31.0. The number of carbonyl (C=O) groups excluding carboxylic acids is 1. The van der Waals surface area contributed by atoms with Gasteiger partial charge in [-0.15, -0.1) is 6.58 Å². The van der Waals surface area contributed by atoms with E-state index >= 15 is 0 Å². The van der Waals surface area contributed by atoms with Crippen molar-refractivity contribution in [3.8, 4) is 0 Å². The van der Waals surface area contributed by atoms with E-state index in [0.29, 0.717) is 12.8 Å². The smallest absolute Gasteiger partial charge is 0.330 e. The largest absolute Gasteiger partial charge is 0.455 e. The molecule has 4 atom stereocenters. The Bertz CT molecular complexity index is 1210. The molecule has 0 N–H and O–H groups in total. The van der Waals surface area contributed by atoms with Crippen molar-refractivity contribution in [3.63, 3.8) is 0 Å². The van der Waals surface area contributed by atoms with E-state index in [9.17, 15) is 4.79 Å². The van der Waals surface area contributed by atoms with E-state index < -0.39 is 31.8 Å². The SMILES string of the molecule is C=CC[C@H](/C=C/[C@@]1(C)OC(C)(C)O[C@@H]1C[C@H](/C=C\Br)O[Si](c1ccccc1)(c1ccccc1)C(C)(C)C)OC(=O)C=C. The Kier molecular flexibility index (Phi) is 11.5. The standard InChI is InChI=1S/C35H45BrO5Si/c1-9-17-27(38-32(37)10-2)22-24-35(8)31(39-34(6,7)41-35)26-28(23-25-36)40-42(33(3,4)5,29-18-13-11-14-19-29)30-20-15-12-16-21-30/h9-16,18-25,27-28,31H,1-2,17,26H2,3-8H3/b24-22+,25-23-/t27-,28+,31-,35-/m1/s1. The highest BCUT2D eigenvalue weighted by Crippen LogP contribution is 2.42. The van der Waals surface area contributed by atoms with Crippen molar-refractivity contribution in [1.29, 1.82) is 0 Å². The topological polar surface area (TPSA) is 54.0 Å². The Morgan fingerprint density at radius 3 is 2.05 bits per heavy atom. The number of carbonyl (C=O) groups is 1. The minimum absolute atomic E-state index is 0.184. The average Bonchev–Trinajstić information content (AvgIpc) is 3.18. The van der Waals surface area contributed by atoms with E-state index in [-0.39, 0.29) is 17.2 Å². The minimum atomic E-state index is -2.84. The van der Waals surface area contributed by atoms with Crippen molar-refractivity contribution in [1.82, 2.24) is 0 Å². The lowest BCUT2D eigenvalue weighted by molar-refractivity contribution is -0.154. The molecule has 2 aromatic rings. The molecule has 5 nitrogen and oxygen atoms in total. The van der Waals surface area contributed by atoms with Crippen LogP contribution in [0.5, 0.6) is 0 Å². The van der Waals surface area contributed by atoms with Crippen molar-refractivity contribution in [3.05, 3.63) is 109 Å². The lowest BCUT2D eigenvalue weighted by Gasteiger charge is -2.45. The summed E-state index contributed by atoms with van der Waals surface area (Å²) in [6, 6.07) is 21.2. The highest BCUT2D eigenvalue weighted by atomic mass is 79.9. The Hall–Kier alpha value is -2.55. The summed E-state index contributed by atoms with van der Waals surface area (Å²) in [6.45, 7) is 19.9. The third-order valence-electron chi connectivity index (χ3n) is 7.48. The zero-order valence-electron chi connectivity index (χ0n) is 25.7. The van der Waals surface area contributed by atoms with E-state index in [2.05, 4.69) is 98.4 Å². The molecule has 0 aromatic heterocycles. The molecule has 0 unspecified atom stereocenters. The first-order valence-electron chi connectivity index (χ1n) is 14.4. The van der Waals surface area contributed by atoms with Crippen LogP contribution in [0.1, 0.15) is 54.4 Å². The molecule has 1 saturated heterocycles. The fourth-order valence-electron chi connectivity index (χ4n) is 5.70. The first-order chi connectivity index (χ1) is 19.8. The van der Waals surface area contributed by atoms with Crippen LogP contribution < -0.4 is 10.4 Å². The van der Waals surface area contributed by atoms with Gasteiger partial charge >= 0.3 is 5.97 Å². The molecule has 226 valence electrons. The van der Waals surface area contributed by atoms with Gasteiger partial charge in [-0.2, -0.15) is 0 Å². The maximum absolute atomic E-state index is 11.9. The fraction of sp³-hybridized carbons (Fsp3) is 0.400. The van der Waals surface area contributed by atoms with Crippen LogP contribution in [0.15, 0.2) is 109 Å². The zero-order valence-corrected chi connectivity index (χ0v) is 28.3. The minimum Gasteiger partial charge on any atom is -0.455 e. The third kappa shape index (κ3) is 8.08. The van der Waals surface area contributed by atoms with Crippen LogP contribution in [0.3, 0.4) is 0 Å². The van der Waals surface area contributed by atoms with E-state index in [1.165, 1.54) is 10.4 Å². The Morgan fingerprint density at radius 1 is 1.00 bits per heavy atom. The van der Waals surface area contributed by atoms with Gasteiger partial charge in [0.05, 0.1) is 12.2 Å². The van der Waals surface area contributed by atoms with Crippen LogP contribution in [0, 0.1) is 0 Å². The number of benzene rings is 2. The first kappa shape index (κ1) is 33.9. The number of esters is 1. The molecule has 2 aromatic carbocycles. The van der Waals surface area contributed by atoms with E-state index in [1.54, 1.807) is 6.08 Å². The van der Waals surface area contributed by atoms with Crippen LogP contribution in [0.25, 0.3) is 0 Å². The summed E-state index contributed by atoms with van der Waals surface area (Å²) < 4.78 is 25.9. The number of hydrogen-bond donors (Lipinski definition) is 0. The van der Waals surface area contributed by atoms with Gasteiger partial charge in [-0.3, -0.25) is 0 Å². The van der Waals surface area contributed by atoms with Crippen molar-refractivity contribution >= 4 is 40.6 Å². The summed E-state index contributed by atoms with van der Waals surface area (Å²) in [6.07, 6.45) is 8.57. The fourth-order valence-corrected chi connectivity index (χ4v) is 10.7. The second-order valence-corrected chi connectivity index (χ2v) is 17.0. The van der Waals surface area contributed by atoms with Gasteiger partial charge in [-0.1, -0.05) is 122 Å². The van der Waals surface area contributed by atoms with Crippen molar-refractivity contribution < 1.29 is 23.4 Å². The highest BCUT2D eigenvalue weighted by Gasteiger charge is 2.53. The van der Waals surface area contributed by atoms with Crippen molar-refractivity contribution in [2.24, 2.45) is 0 Å². The molecule has 3 rings (SSSR count). The predicted octanol–water partition coefficient (Wildman–Crippen LogP) is 7.37. The van der Waals surface area contributed by atoms with Gasteiger partial charge in [0.2, 0.25) is 0 Å². The number of rotatable bonds is 13. The molecule has 7 heteroatoms. The Balaban J connectivity index is 2.04. The molecular weight excluding hydrogens is 608 g/mol. The second-order valence-electron chi connectivity index (χ2n) is 12.2. The molecule has 0 bridgehead atoms. The van der Waals surface area contributed by atoms with E-state index in [4.69, 9.17) is 18.6 Å². The van der Waals surface area contributed by atoms with Crippen LogP contribution in [0.4, 0.5) is 0 Å². The van der Waals surface area contributed by atoms with Crippen LogP contribution in [0.2, 0.25) is 5.04 Å². The van der Waals surface area contributed by atoms with Gasteiger partial charge in [0.15, 0.2) is 5.79 Å². The van der Waals surface area contributed by atoms with E-state index in [0.717, 1.165) is 6.08 Å². The molecule has 0 amide bonds. The van der Waals surface area contributed by atoms with Gasteiger partial charge in [-0.05, 0) is 47.2 Å². The van der Waals surface area contributed by atoms with Crippen molar-refractivity contribution in [2.45, 2.75) is 89.1 Å². The molecule has 1 fully saturated rings. The Morgan fingerprint density at radius 2 is 1.57 bits per heavy atom. The van der Waals surface area contributed by atoms with Gasteiger partial charge in [0, 0.05) is 18.9 Å². The molecule has 1 aliphatic heterocycles. The number of halogens is 1. The van der Waals surface area contributed by atoms with Crippen LogP contribution in [-0.2, 0) is 23.4 Å². The summed E-state index contributed by atoms with van der Waals surface area (Å²) in [7, 11) is -2.84. The maximum atomic E-state index is 11.9. The van der Waals surface area contributed by atoms with Gasteiger partial charge in [0.25, 0.3) is 8.32 Å². The second kappa shape index (κ2) is 14.3.